The number of hydrogen-bond acceptors (Lipinski definition) is 4. The first-order valence-electron chi connectivity index (χ1n) is 5.05. The molecule has 1 heterocycles. The largest absolute Gasteiger partial charge is 0.469 e. The smallest absolute Gasteiger partial charge is 0.310 e. The molecule has 0 N–H and O–H groups in total. The number of carbonyl (C=O) groups is 1. The minimum absolute atomic E-state index is 0.214. The molecule has 0 spiro atoms. The molecule has 1 atom stereocenters. The Hall–Kier alpha value is -0.810. The van der Waals surface area contributed by atoms with Crippen molar-refractivity contribution in [2.24, 2.45) is 5.92 Å². The van der Waals surface area contributed by atoms with Crippen LogP contribution in [0.4, 0.5) is 5.82 Å². The maximum Gasteiger partial charge on any atom is 0.310 e. The van der Waals surface area contributed by atoms with Gasteiger partial charge in [-0.25, -0.2) is 4.98 Å². The summed E-state index contributed by atoms with van der Waals surface area (Å²) in [6, 6.07) is 1.77. The zero-order valence-corrected chi connectivity index (χ0v) is 12.2. The number of rotatable bonds is 4. The second-order valence-electron chi connectivity index (χ2n) is 3.76. The van der Waals surface area contributed by atoms with Gasteiger partial charge in [-0.3, -0.25) is 4.79 Å². The van der Waals surface area contributed by atoms with Gasteiger partial charge in [-0.1, -0.05) is 18.5 Å². The number of ether oxygens (including phenoxy) is 1. The summed E-state index contributed by atoms with van der Waals surface area (Å²) in [4.78, 5) is 17.4. The lowest BCUT2D eigenvalue weighted by Gasteiger charge is -2.22. The fraction of sp³-hybridized carbons (Fsp3) is 0.455. The molecule has 0 aliphatic rings. The minimum Gasteiger partial charge on any atom is -0.469 e. The van der Waals surface area contributed by atoms with Gasteiger partial charge in [-0.05, 0) is 22.0 Å². The highest BCUT2D eigenvalue weighted by Crippen LogP contribution is 2.26. The van der Waals surface area contributed by atoms with Crippen LogP contribution in [0.25, 0.3) is 0 Å². The van der Waals surface area contributed by atoms with Crippen LogP contribution in [-0.2, 0) is 9.53 Å². The molecule has 0 bridgehead atoms. The molecule has 0 aliphatic carbocycles. The van der Waals surface area contributed by atoms with Gasteiger partial charge in [0.2, 0.25) is 0 Å². The molecule has 0 radical (unpaired) electrons. The molecule has 0 aliphatic heterocycles. The second kappa shape index (κ2) is 6.21. The third kappa shape index (κ3) is 3.85. The summed E-state index contributed by atoms with van der Waals surface area (Å²) in [5.41, 5.74) is 0. The van der Waals surface area contributed by atoms with Gasteiger partial charge in [0.15, 0.2) is 0 Å². The van der Waals surface area contributed by atoms with Gasteiger partial charge in [0, 0.05) is 19.8 Å². The van der Waals surface area contributed by atoms with Crippen LogP contribution >= 0.6 is 27.5 Å². The van der Waals surface area contributed by atoms with Crippen molar-refractivity contribution in [2.45, 2.75) is 6.92 Å². The maximum atomic E-state index is 11.3. The van der Waals surface area contributed by atoms with E-state index in [4.69, 9.17) is 11.6 Å². The van der Waals surface area contributed by atoms with Crippen molar-refractivity contribution in [1.29, 1.82) is 0 Å². The molecule has 1 aromatic heterocycles. The summed E-state index contributed by atoms with van der Waals surface area (Å²) >= 11 is 9.20. The zero-order valence-electron chi connectivity index (χ0n) is 9.91. The molecule has 4 nitrogen and oxygen atoms in total. The molecular weight excluding hydrogens is 307 g/mol. The Morgan fingerprint density at radius 3 is 2.88 bits per heavy atom. The van der Waals surface area contributed by atoms with E-state index in [9.17, 15) is 4.79 Å². The van der Waals surface area contributed by atoms with Crippen LogP contribution in [0.3, 0.4) is 0 Å². The van der Waals surface area contributed by atoms with Crippen LogP contribution in [0.1, 0.15) is 6.92 Å². The highest BCUT2D eigenvalue weighted by Gasteiger charge is 2.17. The van der Waals surface area contributed by atoms with Crippen LogP contribution in [0, 0.1) is 5.92 Å². The van der Waals surface area contributed by atoms with Crippen LogP contribution in [0.15, 0.2) is 16.7 Å². The number of esters is 1. The minimum atomic E-state index is -0.234. The summed E-state index contributed by atoms with van der Waals surface area (Å²) in [6.45, 7) is 2.34. The first kappa shape index (κ1) is 14.3. The van der Waals surface area contributed by atoms with Gasteiger partial charge in [0.25, 0.3) is 0 Å². The number of aromatic nitrogens is 1. The standard InChI is InChI=1S/C11H14BrClN2O2/c1-7(11(16)17-3)6-15(2)10-9(12)4-8(13)5-14-10/h4-5,7H,6H2,1-3H3. The van der Waals surface area contributed by atoms with Crippen molar-refractivity contribution in [3.63, 3.8) is 0 Å². The lowest BCUT2D eigenvalue weighted by molar-refractivity contribution is -0.144. The number of pyridine rings is 1. The number of anilines is 1. The van der Waals surface area contributed by atoms with Crippen molar-refractivity contribution in [3.8, 4) is 0 Å². The van der Waals surface area contributed by atoms with E-state index in [1.165, 1.54) is 7.11 Å². The Bertz CT molecular complexity index is 414. The molecule has 1 aromatic rings. The topological polar surface area (TPSA) is 42.4 Å². The quantitative estimate of drug-likeness (QED) is 0.800. The summed E-state index contributed by atoms with van der Waals surface area (Å²) in [5, 5.41) is 0.565. The molecular formula is C11H14BrClN2O2. The van der Waals surface area contributed by atoms with Gasteiger partial charge in [-0.15, -0.1) is 0 Å². The Morgan fingerprint density at radius 1 is 1.71 bits per heavy atom. The van der Waals surface area contributed by atoms with E-state index in [0.717, 1.165) is 10.3 Å². The first-order valence-corrected chi connectivity index (χ1v) is 6.22. The molecule has 6 heteroatoms. The molecule has 94 valence electrons. The molecule has 0 fully saturated rings. The van der Waals surface area contributed by atoms with Gasteiger partial charge < -0.3 is 9.64 Å². The molecule has 17 heavy (non-hydrogen) atoms. The van der Waals surface area contributed by atoms with Crippen LogP contribution in [0.2, 0.25) is 5.02 Å². The lowest BCUT2D eigenvalue weighted by Crippen LogP contribution is -2.30. The van der Waals surface area contributed by atoms with E-state index in [-0.39, 0.29) is 11.9 Å². The number of halogens is 2. The molecule has 1 unspecified atom stereocenters. The predicted octanol–water partition coefficient (Wildman–Crippen LogP) is 2.74. The van der Waals surface area contributed by atoms with E-state index in [1.807, 2.05) is 18.9 Å². The Labute approximate surface area is 114 Å². The van der Waals surface area contributed by atoms with Crippen molar-refractivity contribution in [1.82, 2.24) is 4.98 Å². The van der Waals surface area contributed by atoms with E-state index < -0.39 is 0 Å². The van der Waals surface area contributed by atoms with Gasteiger partial charge in [0.1, 0.15) is 5.82 Å². The second-order valence-corrected chi connectivity index (χ2v) is 5.05. The number of nitrogens with zero attached hydrogens (tertiary/aromatic N) is 2. The fourth-order valence-corrected chi connectivity index (χ4v) is 2.40. The summed E-state index contributed by atoms with van der Waals surface area (Å²) in [7, 11) is 3.25. The van der Waals surface area contributed by atoms with Crippen molar-refractivity contribution in [3.05, 3.63) is 21.8 Å². The Morgan fingerprint density at radius 2 is 2.35 bits per heavy atom. The van der Waals surface area contributed by atoms with Crippen molar-refractivity contribution < 1.29 is 9.53 Å². The van der Waals surface area contributed by atoms with Crippen LogP contribution < -0.4 is 4.90 Å². The summed E-state index contributed by atoms with van der Waals surface area (Å²) < 4.78 is 5.48. The Kier molecular flexibility index (Phi) is 5.21. The van der Waals surface area contributed by atoms with Gasteiger partial charge >= 0.3 is 5.97 Å². The summed E-state index contributed by atoms with van der Waals surface area (Å²) in [6.07, 6.45) is 1.57. The highest BCUT2D eigenvalue weighted by atomic mass is 79.9. The number of methoxy groups -OCH3 is 1. The van der Waals surface area contributed by atoms with Gasteiger partial charge in [-0.2, -0.15) is 0 Å². The molecule has 0 amide bonds. The normalized spacial score (nSPS) is 12.1. The van der Waals surface area contributed by atoms with Crippen LogP contribution in [-0.4, -0.2) is 31.7 Å². The monoisotopic (exact) mass is 320 g/mol. The average molecular weight is 322 g/mol. The van der Waals surface area contributed by atoms with E-state index >= 15 is 0 Å². The third-order valence-electron chi connectivity index (χ3n) is 2.30. The average Bonchev–Trinajstić information content (AvgIpc) is 2.27. The fourth-order valence-electron chi connectivity index (χ4n) is 1.46. The Balaban J connectivity index is 2.76. The lowest BCUT2D eigenvalue weighted by atomic mass is 10.2. The van der Waals surface area contributed by atoms with E-state index in [0.29, 0.717) is 11.6 Å². The predicted molar refractivity (Wildman–Crippen MR) is 71.4 cm³/mol. The number of hydrogen-bond donors (Lipinski definition) is 0. The van der Waals surface area contributed by atoms with Gasteiger partial charge in [0.05, 0.1) is 22.5 Å². The summed E-state index contributed by atoms with van der Waals surface area (Å²) in [5.74, 6) is 0.293. The van der Waals surface area contributed by atoms with E-state index in [1.54, 1.807) is 12.3 Å². The van der Waals surface area contributed by atoms with E-state index in [2.05, 4.69) is 25.7 Å². The molecule has 0 saturated heterocycles. The van der Waals surface area contributed by atoms with Crippen molar-refractivity contribution >= 4 is 39.3 Å². The number of carbonyl (C=O) groups excluding carboxylic acids is 1. The highest BCUT2D eigenvalue weighted by molar-refractivity contribution is 9.10. The zero-order chi connectivity index (χ0) is 13.0. The third-order valence-corrected chi connectivity index (χ3v) is 3.09. The first-order chi connectivity index (χ1) is 7.95. The molecule has 1 rings (SSSR count). The SMILES string of the molecule is COC(=O)C(C)CN(C)c1ncc(Cl)cc1Br. The molecule has 0 aromatic carbocycles. The van der Waals surface area contributed by atoms with Crippen LogP contribution in [0.5, 0.6) is 0 Å². The van der Waals surface area contributed by atoms with Crippen molar-refractivity contribution in [2.75, 3.05) is 25.6 Å². The maximum absolute atomic E-state index is 11.3. The molecule has 0 saturated carbocycles.